The summed E-state index contributed by atoms with van der Waals surface area (Å²) in [5.41, 5.74) is 4.25. The standard InChI is InChI=1S/C21H25N5O2/c1-15-19-12-16(14-23-20(19)28-25-15)13-22-17-6-8-18(9-7-17)24-21(27)26-10-4-2-3-5-11-26/h6-9,12,14,22H,2-5,10-11,13H2,1H3,(H,24,27). The molecule has 7 nitrogen and oxygen atoms in total. The Labute approximate surface area is 164 Å². The topological polar surface area (TPSA) is 83.3 Å². The van der Waals surface area contributed by atoms with E-state index in [4.69, 9.17) is 4.52 Å². The Hall–Kier alpha value is -3.09. The number of nitrogens with one attached hydrogen (secondary N) is 2. The molecule has 2 N–H and O–H groups in total. The van der Waals surface area contributed by atoms with Crippen molar-refractivity contribution < 1.29 is 9.32 Å². The van der Waals surface area contributed by atoms with E-state index >= 15 is 0 Å². The predicted octanol–water partition coefficient (Wildman–Crippen LogP) is 4.55. The molecule has 7 heteroatoms. The van der Waals surface area contributed by atoms with Crippen LogP contribution in [0.4, 0.5) is 16.2 Å². The summed E-state index contributed by atoms with van der Waals surface area (Å²) in [7, 11) is 0. The highest BCUT2D eigenvalue weighted by molar-refractivity contribution is 5.89. The van der Waals surface area contributed by atoms with E-state index in [0.717, 1.165) is 53.9 Å². The molecule has 1 aliphatic rings. The number of carbonyl (C=O) groups is 1. The Kier molecular flexibility index (Phi) is 5.41. The number of pyridine rings is 1. The Morgan fingerprint density at radius 3 is 2.57 bits per heavy atom. The number of carbonyl (C=O) groups excluding carboxylic acids is 1. The summed E-state index contributed by atoms with van der Waals surface area (Å²) in [5.74, 6) is 0. The number of aryl methyl sites for hydroxylation is 1. The average molecular weight is 379 g/mol. The molecule has 3 heterocycles. The van der Waals surface area contributed by atoms with E-state index in [0.29, 0.717) is 12.3 Å². The summed E-state index contributed by atoms with van der Waals surface area (Å²) in [6, 6.07) is 9.80. The van der Waals surface area contributed by atoms with Crippen LogP contribution in [0.25, 0.3) is 11.1 Å². The molecule has 1 saturated heterocycles. The minimum absolute atomic E-state index is 0.00826. The van der Waals surface area contributed by atoms with Crippen LogP contribution < -0.4 is 10.6 Å². The lowest BCUT2D eigenvalue weighted by Gasteiger charge is -2.20. The van der Waals surface area contributed by atoms with E-state index in [9.17, 15) is 4.79 Å². The van der Waals surface area contributed by atoms with Gasteiger partial charge in [0.1, 0.15) is 0 Å². The van der Waals surface area contributed by atoms with Crippen LogP contribution in [0, 0.1) is 6.92 Å². The van der Waals surface area contributed by atoms with E-state index in [1.165, 1.54) is 12.8 Å². The van der Waals surface area contributed by atoms with Gasteiger partial charge in [-0.2, -0.15) is 0 Å². The first-order chi connectivity index (χ1) is 13.7. The van der Waals surface area contributed by atoms with Crippen LogP contribution in [0.2, 0.25) is 0 Å². The monoisotopic (exact) mass is 379 g/mol. The fourth-order valence-corrected chi connectivity index (χ4v) is 3.44. The highest BCUT2D eigenvalue weighted by atomic mass is 16.5. The number of hydrogen-bond donors (Lipinski definition) is 2. The molecule has 0 atom stereocenters. The predicted molar refractivity (Wildman–Crippen MR) is 109 cm³/mol. The van der Waals surface area contributed by atoms with Crippen molar-refractivity contribution in [2.45, 2.75) is 39.2 Å². The summed E-state index contributed by atoms with van der Waals surface area (Å²) in [6.07, 6.45) is 6.39. The molecule has 146 valence electrons. The van der Waals surface area contributed by atoms with Gasteiger partial charge in [0.2, 0.25) is 0 Å². The van der Waals surface area contributed by atoms with Crippen molar-refractivity contribution in [1.82, 2.24) is 15.0 Å². The number of likely N-dealkylation sites (tertiary alicyclic amines) is 1. The number of amides is 2. The minimum Gasteiger partial charge on any atom is -0.381 e. The fraction of sp³-hybridized carbons (Fsp3) is 0.381. The van der Waals surface area contributed by atoms with E-state index in [-0.39, 0.29) is 6.03 Å². The number of aromatic nitrogens is 2. The lowest BCUT2D eigenvalue weighted by atomic mass is 10.2. The smallest absolute Gasteiger partial charge is 0.321 e. The quantitative estimate of drug-likeness (QED) is 0.695. The van der Waals surface area contributed by atoms with Crippen molar-refractivity contribution in [1.29, 1.82) is 0 Å². The van der Waals surface area contributed by atoms with Gasteiger partial charge in [-0.15, -0.1) is 0 Å². The normalized spacial score (nSPS) is 14.7. The number of benzene rings is 1. The van der Waals surface area contributed by atoms with Crippen LogP contribution in [0.15, 0.2) is 41.1 Å². The van der Waals surface area contributed by atoms with E-state index in [1.54, 1.807) is 6.20 Å². The molecule has 0 aliphatic carbocycles. The zero-order chi connectivity index (χ0) is 19.3. The third-order valence-electron chi connectivity index (χ3n) is 5.09. The van der Waals surface area contributed by atoms with Gasteiger partial charge in [0, 0.05) is 37.2 Å². The molecule has 0 bridgehead atoms. The van der Waals surface area contributed by atoms with Crippen LogP contribution in [0.5, 0.6) is 0 Å². The Balaban J connectivity index is 1.33. The summed E-state index contributed by atoms with van der Waals surface area (Å²) in [5, 5.41) is 11.2. The van der Waals surface area contributed by atoms with Crippen molar-refractivity contribution in [3.05, 3.63) is 47.8 Å². The fourth-order valence-electron chi connectivity index (χ4n) is 3.44. The summed E-state index contributed by atoms with van der Waals surface area (Å²) >= 11 is 0. The summed E-state index contributed by atoms with van der Waals surface area (Å²) in [4.78, 5) is 18.6. The molecule has 2 aromatic heterocycles. The van der Waals surface area contributed by atoms with Gasteiger partial charge >= 0.3 is 6.03 Å². The van der Waals surface area contributed by atoms with E-state index < -0.39 is 0 Å². The van der Waals surface area contributed by atoms with Crippen LogP contribution in [0.1, 0.15) is 36.9 Å². The number of nitrogens with zero attached hydrogens (tertiary/aromatic N) is 3. The highest BCUT2D eigenvalue weighted by Crippen LogP contribution is 2.19. The van der Waals surface area contributed by atoms with Gasteiger partial charge in [-0.3, -0.25) is 0 Å². The van der Waals surface area contributed by atoms with Gasteiger partial charge in [0.25, 0.3) is 5.71 Å². The van der Waals surface area contributed by atoms with Gasteiger partial charge in [-0.25, -0.2) is 9.78 Å². The lowest BCUT2D eigenvalue weighted by molar-refractivity contribution is 0.214. The SMILES string of the molecule is Cc1noc2ncc(CNc3ccc(NC(=O)N4CCCCCC4)cc3)cc12. The molecule has 4 rings (SSSR count). The molecule has 0 saturated carbocycles. The van der Waals surface area contributed by atoms with Crippen molar-refractivity contribution in [3.63, 3.8) is 0 Å². The number of fused-ring (bicyclic) bond motifs is 1. The molecule has 0 unspecified atom stereocenters. The highest BCUT2D eigenvalue weighted by Gasteiger charge is 2.15. The minimum atomic E-state index is -0.00826. The first-order valence-corrected chi connectivity index (χ1v) is 9.80. The molecular formula is C21H25N5O2. The summed E-state index contributed by atoms with van der Waals surface area (Å²) in [6.45, 7) is 4.24. The Morgan fingerprint density at radius 2 is 1.82 bits per heavy atom. The first-order valence-electron chi connectivity index (χ1n) is 9.80. The molecule has 1 fully saturated rings. The van der Waals surface area contributed by atoms with Crippen molar-refractivity contribution in [2.75, 3.05) is 23.7 Å². The Morgan fingerprint density at radius 1 is 1.11 bits per heavy atom. The van der Waals surface area contributed by atoms with Crippen LogP contribution in [-0.4, -0.2) is 34.2 Å². The van der Waals surface area contributed by atoms with Crippen LogP contribution in [0.3, 0.4) is 0 Å². The molecule has 0 radical (unpaired) electrons. The lowest BCUT2D eigenvalue weighted by Crippen LogP contribution is -2.35. The zero-order valence-corrected chi connectivity index (χ0v) is 16.1. The third kappa shape index (κ3) is 4.24. The average Bonchev–Trinajstić information content (AvgIpc) is 2.92. The summed E-state index contributed by atoms with van der Waals surface area (Å²) < 4.78 is 5.14. The maximum Gasteiger partial charge on any atom is 0.321 e. The third-order valence-corrected chi connectivity index (χ3v) is 5.09. The second-order valence-corrected chi connectivity index (χ2v) is 7.23. The number of urea groups is 1. The maximum atomic E-state index is 12.4. The molecule has 1 aliphatic heterocycles. The first kappa shape index (κ1) is 18.3. The number of anilines is 2. The number of rotatable bonds is 4. The molecule has 28 heavy (non-hydrogen) atoms. The van der Waals surface area contributed by atoms with Gasteiger partial charge in [-0.1, -0.05) is 18.0 Å². The van der Waals surface area contributed by atoms with Gasteiger partial charge in [0.05, 0.1) is 11.1 Å². The molecule has 3 aromatic rings. The largest absolute Gasteiger partial charge is 0.381 e. The van der Waals surface area contributed by atoms with Crippen molar-refractivity contribution in [3.8, 4) is 0 Å². The molecule has 1 aromatic carbocycles. The van der Waals surface area contributed by atoms with E-state index in [1.807, 2.05) is 42.2 Å². The Bertz CT molecular complexity index is 943. The van der Waals surface area contributed by atoms with Gasteiger partial charge < -0.3 is 20.1 Å². The molecular weight excluding hydrogens is 354 g/mol. The van der Waals surface area contributed by atoms with Gasteiger partial charge in [-0.05, 0) is 55.7 Å². The van der Waals surface area contributed by atoms with Crippen LogP contribution in [-0.2, 0) is 6.54 Å². The van der Waals surface area contributed by atoms with Crippen molar-refractivity contribution >= 4 is 28.5 Å². The van der Waals surface area contributed by atoms with Crippen LogP contribution >= 0.6 is 0 Å². The maximum absolute atomic E-state index is 12.4. The molecule has 0 spiro atoms. The second kappa shape index (κ2) is 8.29. The zero-order valence-electron chi connectivity index (χ0n) is 16.1. The molecule has 2 amide bonds. The second-order valence-electron chi connectivity index (χ2n) is 7.23. The van der Waals surface area contributed by atoms with Gasteiger partial charge in [0.15, 0.2) is 0 Å². The number of hydrogen-bond acceptors (Lipinski definition) is 5. The van der Waals surface area contributed by atoms with E-state index in [2.05, 4.69) is 20.8 Å². The van der Waals surface area contributed by atoms with Crippen molar-refractivity contribution in [2.24, 2.45) is 0 Å².